The first-order valence-electron chi connectivity index (χ1n) is 10.5. The van der Waals surface area contributed by atoms with E-state index >= 15 is 0 Å². The normalized spacial score (nSPS) is 14.5. The summed E-state index contributed by atoms with van der Waals surface area (Å²) in [5.41, 5.74) is 4.48. The van der Waals surface area contributed by atoms with Gasteiger partial charge >= 0.3 is 12.1 Å². The number of carbonyl (C=O) groups is 2. The highest BCUT2D eigenvalue weighted by molar-refractivity contribution is 6.74. The summed E-state index contributed by atoms with van der Waals surface area (Å²) < 4.78 is 11.4. The molecule has 0 bridgehead atoms. The van der Waals surface area contributed by atoms with Crippen molar-refractivity contribution in [2.24, 2.45) is 0 Å². The minimum absolute atomic E-state index is 0.0557. The van der Waals surface area contributed by atoms with Gasteiger partial charge in [0.05, 0.1) is 6.61 Å². The quantitative estimate of drug-likeness (QED) is 0.591. The van der Waals surface area contributed by atoms with E-state index in [-0.39, 0.29) is 24.2 Å². The lowest BCUT2D eigenvalue weighted by molar-refractivity contribution is -0.140. The molecule has 0 saturated carbocycles. The minimum Gasteiger partial charge on any atom is -0.480 e. The molecule has 166 valence electrons. The number of nitrogens with one attached hydrogen (secondary N) is 1. The summed E-state index contributed by atoms with van der Waals surface area (Å²) in [4.78, 5) is 24.1. The van der Waals surface area contributed by atoms with Crippen LogP contribution in [-0.2, 0) is 14.0 Å². The van der Waals surface area contributed by atoms with Crippen LogP contribution in [0, 0.1) is 0 Å². The number of benzene rings is 2. The molecule has 2 aromatic rings. The molecule has 0 spiro atoms. The fourth-order valence-corrected chi connectivity index (χ4v) is 4.48. The Morgan fingerprint density at radius 2 is 1.55 bits per heavy atom. The van der Waals surface area contributed by atoms with E-state index in [2.05, 4.69) is 38.2 Å². The number of carboxylic acids is 1. The van der Waals surface area contributed by atoms with Crippen LogP contribution in [0.4, 0.5) is 4.79 Å². The molecule has 1 unspecified atom stereocenters. The van der Waals surface area contributed by atoms with Crippen LogP contribution in [0.1, 0.15) is 37.8 Å². The smallest absolute Gasteiger partial charge is 0.407 e. The van der Waals surface area contributed by atoms with Crippen LogP contribution >= 0.6 is 0 Å². The van der Waals surface area contributed by atoms with Crippen molar-refractivity contribution in [1.29, 1.82) is 0 Å². The number of ether oxygens (including phenoxy) is 1. The molecular formula is C24H31NO5Si. The topological polar surface area (TPSA) is 84.9 Å². The van der Waals surface area contributed by atoms with E-state index in [1.54, 1.807) is 0 Å². The van der Waals surface area contributed by atoms with Crippen LogP contribution in [0.15, 0.2) is 48.5 Å². The first kappa shape index (κ1) is 23.0. The first-order valence-corrected chi connectivity index (χ1v) is 13.4. The molecule has 0 saturated heterocycles. The Hall–Kier alpha value is -2.64. The molecule has 0 radical (unpaired) electrons. The molecule has 3 rings (SSSR count). The van der Waals surface area contributed by atoms with Crippen molar-refractivity contribution in [3.05, 3.63) is 59.7 Å². The van der Waals surface area contributed by atoms with Gasteiger partial charge in [-0.1, -0.05) is 69.3 Å². The van der Waals surface area contributed by atoms with E-state index in [1.807, 2.05) is 49.5 Å². The Bertz CT molecular complexity index is 921. The Kier molecular flexibility index (Phi) is 6.57. The van der Waals surface area contributed by atoms with E-state index in [0.717, 1.165) is 22.3 Å². The van der Waals surface area contributed by atoms with Crippen molar-refractivity contribution in [3.8, 4) is 11.1 Å². The van der Waals surface area contributed by atoms with Gasteiger partial charge in [-0.2, -0.15) is 0 Å². The Labute approximate surface area is 184 Å². The van der Waals surface area contributed by atoms with E-state index in [4.69, 9.17) is 9.16 Å². The molecule has 1 amide bonds. The molecule has 7 heteroatoms. The summed E-state index contributed by atoms with van der Waals surface area (Å²) >= 11 is 0. The minimum atomic E-state index is -2.14. The van der Waals surface area contributed by atoms with Crippen LogP contribution in [0.3, 0.4) is 0 Å². The summed E-state index contributed by atoms with van der Waals surface area (Å²) in [6.45, 7) is 10.4. The third kappa shape index (κ3) is 4.99. The summed E-state index contributed by atoms with van der Waals surface area (Å²) in [6, 6.07) is 15.0. The van der Waals surface area contributed by atoms with Crippen molar-refractivity contribution in [1.82, 2.24) is 5.32 Å². The zero-order chi connectivity index (χ0) is 22.8. The average Bonchev–Trinajstić information content (AvgIpc) is 3.02. The van der Waals surface area contributed by atoms with Gasteiger partial charge in [0.15, 0.2) is 14.4 Å². The van der Waals surface area contributed by atoms with Crippen molar-refractivity contribution in [2.45, 2.75) is 50.9 Å². The summed E-state index contributed by atoms with van der Waals surface area (Å²) in [7, 11) is -2.14. The third-order valence-corrected chi connectivity index (χ3v) is 10.9. The molecule has 2 aromatic carbocycles. The number of carboxylic acid groups (broad SMARTS) is 1. The fraction of sp³-hybridized carbons (Fsp3) is 0.417. The Morgan fingerprint density at radius 3 is 2.03 bits per heavy atom. The predicted octanol–water partition coefficient (Wildman–Crippen LogP) is 5.00. The summed E-state index contributed by atoms with van der Waals surface area (Å²) in [5, 5.41) is 11.9. The second-order valence-corrected chi connectivity index (χ2v) is 14.2. The maximum Gasteiger partial charge on any atom is 0.407 e. The number of carbonyl (C=O) groups excluding carboxylic acids is 1. The molecule has 0 aromatic heterocycles. The molecule has 1 aliphatic rings. The van der Waals surface area contributed by atoms with Gasteiger partial charge in [0.25, 0.3) is 0 Å². The standard InChI is InChI=1S/C24H31NO5Si/c1-24(2,3)31(4,5)30-15-21(22(26)27)25-23(28)29-14-20-18-12-8-6-10-16(18)17-11-7-9-13-19(17)20/h6-13,20-21H,14-15H2,1-5H3,(H,25,28)(H,26,27). The molecule has 1 aliphatic carbocycles. The van der Waals surface area contributed by atoms with Crippen LogP contribution in [0.2, 0.25) is 18.1 Å². The van der Waals surface area contributed by atoms with Gasteiger partial charge in [0.2, 0.25) is 0 Å². The van der Waals surface area contributed by atoms with Gasteiger partial charge in [-0.15, -0.1) is 0 Å². The maximum atomic E-state index is 12.4. The van der Waals surface area contributed by atoms with Gasteiger partial charge in [-0.25, -0.2) is 9.59 Å². The van der Waals surface area contributed by atoms with E-state index in [1.165, 1.54) is 0 Å². The zero-order valence-corrected chi connectivity index (χ0v) is 19.8. The van der Waals surface area contributed by atoms with Crippen molar-refractivity contribution >= 4 is 20.4 Å². The molecule has 2 N–H and O–H groups in total. The molecule has 0 heterocycles. The predicted molar refractivity (Wildman–Crippen MR) is 123 cm³/mol. The second-order valence-electron chi connectivity index (χ2n) is 9.43. The van der Waals surface area contributed by atoms with Crippen LogP contribution in [0.5, 0.6) is 0 Å². The monoisotopic (exact) mass is 441 g/mol. The number of rotatable bonds is 7. The van der Waals surface area contributed by atoms with Crippen molar-refractivity contribution in [3.63, 3.8) is 0 Å². The van der Waals surface area contributed by atoms with Gasteiger partial charge < -0.3 is 19.6 Å². The average molecular weight is 442 g/mol. The molecule has 1 atom stereocenters. The van der Waals surface area contributed by atoms with Crippen LogP contribution < -0.4 is 5.32 Å². The van der Waals surface area contributed by atoms with Crippen molar-refractivity contribution in [2.75, 3.05) is 13.2 Å². The fourth-order valence-electron chi connectivity index (χ4n) is 3.47. The van der Waals surface area contributed by atoms with E-state index in [9.17, 15) is 14.7 Å². The van der Waals surface area contributed by atoms with Gasteiger partial charge in [-0.05, 0) is 40.4 Å². The summed E-state index contributed by atoms with van der Waals surface area (Å²) in [5.74, 6) is -1.22. The maximum absolute atomic E-state index is 12.4. The lowest BCUT2D eigenvalue weighted by Crippen LogP contribution is -2.49. The Morgan fingerprint density at radius 1 is 1.03 bits per heavy atom. The number of hydrogen-bond donors (Lipinski definition) is 2. The highest BCUT2D eigenvalue weighted by atomic mass is 28.4. The van der Waals surface area contributed by atoms with Gasteiger partial charge in [0.1, 0.15) is 6.61 Å². The zero-order valence-electron chi connectivity index (χ0n) is 18.8. The highest BCUT2D eigenvalue weighted by Crippen LogP contribution is 2.44. The SMILES string of the molecule is CC(C)(C)[Si](C)(C)OCC(NC(=O)OCC1c2ccccc2-c2ccccc21)C(=O)O. The number of amides is 1. The lowest BCUT2D eigenvalue weighted by Gasteiger charge is -2.36. The molecule has 0 aliphatic heterocycles. The van der Waals surface area contributed by atoms with Gasteiger partial charge in [0, 0.05) is 5.92 Å². The van der Waals surface area contributed by atoms with Crippen LogP contribution in [0.25, 0.3) is 11.1 Å². The first-order chi connectivity index (χ1) is 14.5. The number of aliphatic carboxylic acids is 1. The molecule has 6 nitrogen and oxygen atoms in total. The van der Waals surface area contributed by atoms with Crippen LogP contribution in [-0.4, -0.2) is 44.7 Å². The van der Waals surface area contributed by atoms with E-state index in [0.29, 0.717) is 0 Å². The second kappa shape index (κ2) is 8.84. The summed E-state index contributed by atoms with van der Waals surface area (Å²) in [6.07, 6.45) is -0.756. The number of hydrogen-bond acceptors (Lipinski definition) is 4. The van der Waals surface area contributed by atoms with E-state index < -0.39 is 26.4 Å². The molecule has 31 heavy (non-hydrogen) atoms. The Balaban J connectivity index is 1.63. The number of fused-ring (bicyclic) bond motifs is 3. The lowest BCUT2D eigenvalue weighted by atomic mass is 9.98. The highest BCUT2D eigenvalue weighted by Gasteiger charge is 2.38. The van der Waals surface area contributed by atoms with Gasteiger partial charge in [-0.3, -0.25) is 0 Å². The van der Waals surface area contributed by atoms with Crippen molar-refractivity contribution < 1.29 is 23.9 Å². The molecular weight excluding hydrogens is 410 g/mol. The molecule has 0 fully saturated rings. The number of alkyl carbamates (subject to hydrolysis) is 1. The third-order valence-electron chi connectivity index (χ3n) is 6.35. The largest absolute Gasteiger partial charge is 0.480 e.